The largest absolute Gasteiger partial charge is 0.311 e. The maximum absolute atomic E-state index is 3.63. The van der Waals surface area contributed by atoms with E-state index in [-0.39, 0.29) is 5.54 Å². The van der Waals surface area contributed by atoms with Gasteiger partial charge in [-0.3, -0.25) is 0 Å². The molecule has 0 rings (SSSR count). The Kier molecular flexibility index (Phi) is 8.83. The quantitative estimate of drug-likeness (QED) is 0.633. The first kappa shape index (κ1) is 16.9. The molecular formula is C14H33N3. The maximum Gasteiger partial charge on any atom is 0.0123 e. The predicted molar refractivity (Wildman–Crippen MR) is 77.7 cm³/mol. The van der Waals surface area contributed by atoms with Gasteiger partial charge in [0.05, 0.1) is 0 Å². The summed E-state index contributed by atoms with van der Waals surface area (Å²) < 4.78 is 0. The van der Waals surface area contributed by atoms with Crippen LogP contribution in [0.1, 0.15) is 40.5 Å². The summed E-state index contributed by atoms with van der Waals surface area (Å²) in [6.45, 7) is 14.8. The number of likely N-dealkylation sites (N-methyl/N-ethyl adjacent to an activating group) is 1. The summed E-state index contributed by atoms with van der Waals surface area (Å²) in [4.78, 5) is 4.81. The fourth-order valence-electron chi connectivity index (χ4n) is 1.67. The molecule has 0 aromatic heterocycles. The van der Waals surface area contributed by atoms with E-state index in [9.17, 15) is 0 Å². The van der Waals surface area contributed by atoms with Crippen molar-refractivity contribution in [3.8, 4) is 0 Å². The molecule has 0 aromatic rings. The summed E-state index contributed by atoms with van der Waals surface area (Å²) in [7, 11) is 4.28. The first-order chi connectivity index (χ1) is 7.91. The molecule has 0 spiro atoms. The second-order valence-corrected chi connectivity index (χ2v) is 5.81. The standard InChI is InChI=1S/C14H33N3/c1-7-10-17(13-12-16(5)6)11-9-15-14(3,4)8-2/h15H,7-13H2,1-6H3. The van der Waals surface area contributed by atoms with Crippen molar-refractivity contribution in [2.75, 3.05) is 46.8 Å². The van der Waals surface area contributed by atoms with Gasteiger partial charge in [-0.2, -0.15) is 0 Å². The molecule has 0 heterocycles. The molecule has 0 radical (unpaired) electrons. The van der Waals surface area contributed by atoms with Gasteiger partial charge in [0, 0.05) is 31.7 Å². The van der Waals surface area contributed by atoms with Crippen LogP contribution in [0, 0.1) is 0 Å². The summed E-state index contributed by atoms with van der Waals surface area (Å²) >= 11 is 0. The Labute approximate surface area is 109 Å². The Morgan fingerprint density at radius 3 is 2.06 bits per heavy atom. The Morgan fingerprint density at radius 1 is 0.941 bits per heavy atom. The molecule has 3 nitrogen and oxygen atoms in total. The molecule has 1 N–H and O–H groups in total. The van der Waals surface area contributed by atoms with Crippen LogP contribution in [0.5, 0.6) is 0 Å². The van der Waals surface area contributed by atoms with Crippen molar-refractivity contribution in [1.82, 2.24) is 15.1 Å². The van der Waals surface area contributed by atoms with E-state index in [4.69, 9.17) is 0 Å². The number of hydrogen-bond acceptors (Lipinski definition) is 3. The topological polar surface area (TPSA) is 18.5 Å². The molecular weight excluding hydrogens is 210 g/mol. The molecule has 0 saturated carbocycles. The highest BCUT2D eigenvalue weighted by molar-refractivity contribution is 4.75. The minimum Gasteiger partial charge on any atom is -0.311 e. The SMILES string of the molecule is CCCN(CCNC(C)(C)CC)CCN(C)C. The highest BCUT2D eigenvalue weighted by atomic mass is 15.2. The van der Waals surface area contributed by atoms with Gasteiger partial charge in [0.2, 0.25) is 0 Å². The van der Waals surface area contributed by atoms with E-state index in [0.717, 1.165) is 19.6 Å². The molecule has 104 valence electrons. The van der Waals surface area contributed by atoms with Gasteiger partial charge >= 0.3 is 0 Å². The average molecular weight is 243 g/mol. The van der Waals surface area contributed by atoms with Crippen LogP contribution in [0.4, 0.5) is 0 Å². The van der Waals surface area contributed by atoms with Gasteiger partial charge in [0.25, 0.3) is 0 Å². The predicted octanol–water partition coefficient (Wildman–Crippen LogP) is 2.04. The molecule has 0 aliphatic heterocycles. The third kappa shape index (κ3) is 9.57. The Hall–Kier alpha value is -0.120. The molecule has 0 atom stereocenters. The second-order valence-electron chi connectivity index (χ2n) is 5.81. The molecule has 0 aromatic carbocycles. The molecule has 17 heavy (non-hydrogen) atoms. The zero-order valence-electron chi connectivity index (χ0n) is 12.8. The minimum absolute atomic E-state index is 0.277. The summed E-state index contributed by atoms with van der Waals surface area (Å²) in [5, 5.41) is 3.63. The first-order valence-corrected chi connectivity index (χ1v) is 7.03. The summed E-state index contributed by atoms with van der Waals surface area (Å²) in [6, 6.07) is 0. The fourth-order valence-corrected chi connectivity index (χ4v) is 1.67. The fraction of sp³-hybridized carbons (Fsp3) is 1.00. The van der Waals surface area contributed by atoms with Gasteiger partial charge < -0.3 is 15.1 Å². The van der Waals surface area contributed by atoms with Crippen molar-refractivity contribution in [3.63, 3.8) is 0 Å². The minimum atomic E-state index is 0.277. The zero-order chi connectivity index (χ0) is 13.3. The zero-order valence-corrected chi connectivity index (χ0v) is 12.8. The smallest absolute Gasteiger partial charge is 0.0123 e. The van der Waals surface area contributed by atoms with Crippen LogP contribution in [0.25, 0.3) is 0 Å². The van der Waals surface area contributed by atoms with Crippen LogP contribution in [0.15, 0.2) is 0 Å². The highest BCUT2D eigenvalue weighted by Crippen LogP contribution is 2.05. The molecule has 0 aliphatic rings. The van der Waals surface area contributed by atoms with Crippen molar-refractivity contribution in [3.05, 3.63) is 0 Å². The number of rotatable bonds is 10. The Balaban J connectivity index is 3.84. The third-order valence-corrected chi connectivity index (χ3v) is 3.32. The van der Waals surface area contributed by atoms with Gasteiger partial charge in [-0.05, 0) is 47.3 Å². The second kappa shape index (κ2) is 8.90. The third-order valence-electron chi connectivity index (χ3n) is 3.32. The normalized spacial score (nSPS) is 12.7. The van der Waals surface area contributed by atoms with Crippen molar-refractivity contribution in [2.24, 2.45) is 0 Å². The summed E-state index contributed by atoms with van der Waals surface area (Å²) in [6.07, 6.45) is 2.42. The van der Waals surface area contributed by atoms with Crippen LogP contribution < -0.4 is 5.32 Å². The molecule has 0 fully saturated rings. The van der Waals surface area contributed by atoms with E-state index < -0.39 is 0 Å². The van der Waals surface area contributed by atoms with Gasteiger partial charge in [-0.25, -0.2) is 0 Å². The van der Waals surface area contributed by atoms with Gasteiger partial charge in [0.1, 0.15) is 0 Å². The maximum atomic E-state index is 3.63. The van der Waals surface area contributed by atoms with E-state index >= 15 is 0 Å². The van der Waals surface area contributed by atoms with Crippen LogP contribution in [-0.4, -0.2) is 62.2 Å². The van der Waals surface area contributed by atoms with Crippen molar-refractivity contribution >= 4 is 0 Å². The number of hydrogen-bond donors (Lipinski definition) is 1. The van der Waals surface area contributed by atoms with Crippen molar-refractivity contribution in [2.45, 2.75) is 46.1 Å². The molecule has 0 saturated heterocycles. The molecule has 0 aliphatic carbocycles. The first-order valence-electron chi connectivity index (χ1n) is 7.03. The average Bonchev–Trinajstić information content (AvgIpc) is 2.25. The molecule has 3 heteroatoms. The van der Waals surface area contributed by atoms with E-state index in [1.54, 1.807) is 0 Å². The lowest BCUT2D eigenvalue weighted by Crippen LogP contribution is -2.44. The Bertz CT molecular complexity index is 178. The molecule has 0 amide bonds. The lowest BCUT2D eigenvalue weighted by Gasteiger charge is -2.28. The van der Waals surface area contributed by atoms with Gasteiger partial charge in [0.15, 0.2) is 0 Å². The van der Waals surface area contributed by atoms with Crippen molar-refractivity contribution in [1.29, 1.82) is 0 Å². The summed E-state index contributed by atoms with van der Waals surface area (Å²) in [5.74, 6) is 0. The van der Waals surface area contributed by atoms with Crippen LogP contribution in [-0.2, 0) is 0 Å². The van der Waals surface area contributed by atoms with E-state index in [0.29, 0.717) is 0 Å². The van der Waals surface area contributed by atoms with E-state index in [1.165, 1.54) is 25.9 Å². The lowest BCUT2D eigenvalue weighted by atomic mass is 10.0. The van der Waals surface area contributed by atoms with Crippen LogP contribution in [0.2, 0.25) is 0 Å². The Morgan fingerprint density at radius 2 is 1.59 bits per heavy atom. The monoisotopic (exact) mass is 243 g/mol. The van der Waals surface area contributed by atoms with Crippen LogP contribution in [0.3, 0.4) is 0 Å². The summed E-state index contributed by atoms with van der Waals surface area (Å²) in [5.41, 5.74) is 0.277. The van der Waals surface area contributed by atoms with Crippen LogP contribution >= 0.6 is 0 Å². The number of nitrogens with zero attached hydrogens (tertiary/aromatic N) is 2. The number of nitrogens with one attached hydrogen (secondary N) is 1. The van der Waals surface area contributed by atoms with E-state index in [2.05, 4.69) is 56.9 Å². The van der Waals surface area contributed by atoms with Gasteiger partial charge in [-0.1, -0.05) is 13.8 Å². The lowest BCUT2D eigenvalue weighted by molar-refractivity contribution is 0.231. The highest BCUT2D eigenvalue weighted by Gasteiger charge is 2.13. The van der Waals surface area contributed by atoms with Crippen molar-refractivity contribution < 1.29 is 0 Å². The molecule has 0 bridgehead atoms. The molecule has 0 unspecified atom stereocenters. The van der Waals surface area contributed by atoms with Gasteiger partial charge in [-0.15, -0.1) is 0 Å². The van der Waals surface area contributed by atoms with E-state index in [1.807, 2.05) is 0 Å².